The van der Waals surface area contributed by atoms with Gasteiger partial charge in [-0.3, -0.25) is 0 Å². The van der Waals surface area contributed by atoms with E-state index in [1.54, 1.807) is 24.3 Å². The maximum Gasteiger partial charge on any atom is 0.421 e. The third-order valence-electron chi connectivity index (χ3n) is 4.25. The minimum absolute atomic E-state index is 0.0624. The highest BCUT2D eigenvalue weighted by Crippen LogP contribution is 2.35. The summed E-state index contributed by atoms with van der Waals surface area (Å²) in [7, 11) is 0. The van der Waals surface area contributed by atoms with Gasteiger partial charge in [-0.25, -0.2) is 4.98 Å². The molecule has 0 fully saturated rings. The largest absolute Gasteiger partial charge is 0.488 e. The number of aryl methyl sites for hydroxylation is 1. The van der Waals surface area contributed by atoms with E-state index >= 15 is 0 Å². The summed E-state index contributed by atoms with van der Waals surface area (Å²) in [6.45, 7) is 7.79. The third kappa shape index (κ3) is 6.34. The van der Waals surface area contributed by atoms with Gasteiger partial charge in [0.2, 0.25) is 5.95 Å². The van der Waals surface area contributed by atoms with Crippen molar-refractivity contribution >= 4 is 23.1 Å². The number of halogens is 3. The molecule has 0 aliphatic carbocycles. The Balaban J connectivity index is 1.85. The first-order chi connectivity index (χ1) is 14.5. The molecule has 0 aliphatic rings. The van der Waals surface area contributed by atoms with E-state index in [2.05, 4.69) is 20.6 Å². The zero-order valence-electron chi connectivity index (χ0n) is 17.8. The molecule has 0 aliphatic heterocycles. The number of nitrogens with one attached hydrogen (secondary N) is 2. The van der Waals surface area contributed by atoms with Crippen molar-refractivity contribution < 1.29 is 17.9 Å². The quantitative estimate of drug-likeness (QED) is 0.454. The van der Waals surface area contributed by atoms with E-state index in [0.717, 1.165) is 18.2 Å². The maximum absolute atomic E-state index is 13.5. The first kappa shape index (κ1) is 22.4. The molecule has 2 N–H and O–H groups in total. The number of aromatic nitrogens is 2. The van der Waals surface area contributed by atoms with Crippen molar-refractivity contribution in [1.29, 1.82) is 0 Å². The SMILES string of the molecule is CCc1ccc(Nc2ncc(C(F)(F)F)c(Nc3ccc(OC(C)(C)C)cc3)n2)cc1. The van der Waals surface area contributed by atoms with E-state index in [0.29, 0.717) is 17.1 Å². The van der Waals surface area contributed by atoms with Gasteiger partial charge < -0.3 is 15.4 Å². The fourth-order valence-electron chi connectivity index (χ4n) is 2.79. The van der Waals surface area contributed by atoms with E-state index < -0.39 is 11.7 Å². The van der Waals surface area contributed by atoms with Crippen molar-refractivity contribution in [2.75, 3.05) is 10.6 Å². The van der Waals surface area contributed by atoms with Gasteiger partial charge in [-0.1, -0.05) is 19.1 Å². The van der Waals surface area contributed by atoms with Gasteiger partial charge in [-0.15, -0.1) is 0 Å². The van der Waals surface area contributed by atoms with Gasteiger partial charge in [-0.2, -0.15) is 18.2 Å². The van der Waals surface area contributed by atoms with Gasteiger partial charge >= 0.3 is 6.18 Å². The maximum atomic E-state index is 13.5. The number of hydrogen-bond acceptors (Lipinski definition) is 5. The van der Waals surface area contributed by atoms with Crippen LogP contribution in [0, 0.1) is 0 Å². The lowest BCUT2D eigenvalue weighted by atomic mass is 10.1. The lowest BCUT2D eigenvalue weighted by Crippen LogP contribution is -2.22. The molecule has 0 atom stereocenters. The van der Waals surface area contributed by atoms with Crippen LogP contribution in [0.4, 0.5) is 36.3 Å². The highest BCUT2D eigenvalue weighted by Gasteiger charge is 2.35. The number of anilines is 4. The van der Waals surface area contributed by atoms with Crippen molar-refractivity contribution in [3.63, 3.8) is 0 Å². The molecule has 1 heterocycles. The summed E-state index contributed by atoms with van der Waals surface area (Å²) >= 11 is 0. The minimum Gasteiger partial charge on any atom is -0.488 e. The van der Waals surface area contributed by atoms with Crippen LogP contribution < -0.4 is 15.4 Å². The number of alkyl halides is 3. The summed E-state index contributed by atoms with van der Waals surface area (Å²) in [4.78, 5) is 7.91. The molecule has 5 nitrogen and oxygen atoms in total. The molecule has 0 spiro atoms. The second-order valence-corrected chi connectivity index (χ2v) is 7.99. The molecule has 1 aromatic heterocycles. The Morgan fingerprint density at radius 3 is 2.00 bits per heavy atom. The van der Waals surface area contributed by atoms with Gasteiger partial charge in [0.25, 0.3) is 0 Å². The van der Waals surface area contributed by atoms with Crippen LogP contribution in [-0.4, -0.2) is 15.6 Å². The van der Waals surface area contributed by atoms with Crippen LogP contribution in [0.1, 0.15) is 38.8 Å². The number of hydrogen-bond donors (Lipinski definition) is 2. The number of nitrogens with zero attached hydrogens (tertiary/aromatic N) is 2. The molecule has 0 amide bonds. The zero-order valence-corrected chi connectivity index (χ0v) is 17.8. The van der Waals surface area contributed by atoms with Crippen molar-refractivity contribution in [2.45, 2.75) is 45.9 Å². The van der Waals surface area contributed by atoms with E-state index in [9.17, 15) is 13.2 Å². The van der Waals surface area contributed by atoms with Crippen LogP contribution in [0.15, 0.2) is 54.7 Å². The summed E-state index contributed by atoms with van der Waals surface area (Å²) in [6, 6.07) is 14.2. The molecule has 8 heteroatoms. The average molecular weight is 430 g/mol. The first-order valence-corrected chi connectivity index (χ1v) is 9.90. The lowest BCUT2D eigenvalue weighted by Gasteiger charge is -2.21. The number of ether oxygens (including phenoxy) is 1. The van der Waals surface area contributed by atoms with Gasteiger partial charge in [-0.05, 0) is 69.2 Å². The molecule has 164 valence electrons. The Labute approximate surface area is 179 Å². The first-order valence-electron chi connectivity index (χ1n) is 9.90. The molecular formula is C23H25F3N4O. The van der Waals surface area contributed by atoms with Gasteiger partial charge in [0.15, 0.2) is 0 Å². The number of benzene rings is 2. The smallest absolute Gasteiger partial charge is 0.421 e. The second-order valence-electron chi connectivity index (χ2n) is 7.99. The predicted octanol–water partition coefficient (Wildman–Crippen LogP) is 6.72. The summed E-state index contributed by atoms with van der Waals surface area (Å²) < 4.78 is 46.2. The van der Waals surface area contributed by atoms with E-state index in [1.165, 1.54) is 0 Å². The van der Waals surface area contributed by atoms with E-state index in [-0.39, 0.29) is 17.4 Å². The van der Waals surface area contributed by atoms with Crippen molar-refractivity contribution in [1.82, 2.24) is 9.97 Å². The second kappa shape index (κ2) is 8.83. The molecule has 0 bridgehead atoms. The Morgan fingerprint density at radius 2 is 1.45 bits per heavy atom. The third-order valence-corrected chi connectivity index (χ3v) is 4.25. The minimum atomic E-state index is -4.60. The average Bonchev–Trinajstić information content (AvgIpc) is 2.68. The predicted molar refractivity (Wildman–Crippen MR) is 116 cm³/mol. The lowest BCUT2D eigenvalue weighted by molar-refractivity contribution is -0.137. The zero-order chi connectivity index (χ0) is 22.6. The summed E-state index contributed by atoms with van der Waals surface area (Å²) in [5.41, 5.74) is 0.964. The fraction of sp³-hybridized carbons (Fsp3) is 0.304. The Hall–Kier alpha value is -3.29. The normalized spacial score (nSPS) is 11.8. The highest BCUT2D eigenvalue weighted by atomic mass is 19.4. The molecule has 2 aromatic carbocycles. The summed E-state index contributed by atoms with van der Waals surface area (Å²) in [5, 5.41) is 5.69. The Morgan fingerprint density at radius 1 is 0.871 bits per heavy atom. The molecule has 3 aromatic rings. The van der Waals surface area contributed by atoms with Crippen LogP contribution in [0.3, 0.4) is 0 Å². The van der Waals surface area contributed by atoms with Crippen molar-refractivity contribution in [2.24, 2.45) is 0 Å². The van der Waals surface area contributed by atoms with Crippen molar-refractivity contribution in [3.05, 3.63) is 65.9 Å². The van der Waals surface area contributed by atoms with Crippen LogP contribution in [0.5, 0.6) is 5.75 Å². The summed E-state index contributed by atoms with van der Waals surface area (Å²) in [5.74, 6) is 0.349. The molecule has 31 heavy (non-hydrogen) atoms. The van der Waals surface area contributed by atoms with Gasteiger partial charge in [0.05, 0.1) is 0 Å². The summed E-state index contributed by atoms with van der Waals surface area (Å²) in [6.07, 6.45) is -2.93. The standard InChI is InChI=1S/C23H25F3N4O/c1-5-15-6-8-17(9-7-15)29-21-27-14-19(23(24,25)26)20(30-21)28-16-10-12-18(13-11-16)31-22(2,3)4/h6-14H,5H2,1-4H3,(H2,27,28,29,30). The number of rotatable bonds is 6. The van der Waals surface area contributed by atoms with E-state index in [4.69, 9.17) is 4.74 Å². The van der Waals surface area contributed by atoms with Crippen LogP contribution >= 0.6 is 0 Å². The molecule has 0 radical (unpaired) electrons. The monoisotopic (exact) mass is 430 g/mol. The molecule has 0 saturated carbocycles. The van der Waals surface area contributed by atoms with E-state index in [1.807, 2.05) is 52.0 Å². The molecule has 0 saturated heterocycles. The Bertz CT molecular complexity index is 1010. The molecule has 3 rings (SSSR count). The molecule has 0 unspecified atom stereocenters. The van der Waals surface area contributed by atoms with Crippen molar-refractivity contribution in [3.8, 4) is 5.75 Å². The van der Waals surface area contributed by atoms with Crippen LogP contribution in [0.25, 0.3) is 0 Å². The highest BCUT2D eigenvalue weighted by molar-refractivity contribution is 5.63. The fourth-order valence-corrected chi connectivity index (χ4v) is 2.79. The van der Waals surface area contributed by atoms with Crippen LogP contribution in [0.2, 0.25) is 0 Å². The topological polar surface area (TPSA) is 59.1 Å². The molecular weight excluding hydrogens is 405 g/mol. The Kier molecular flexibility index (Phi) is 6.38. The van der Waals surface area contributed by atoms with Crippen LogP contribution in [-0.2, 0) is 12.6 Å². The van der Waals surface area contributed by atoms with Gasteiger partial charge in [0, 0.05) is 17.6 Å². The van der Waals surface area contributed by atoms with Gasteiger partial charge in [0.1, 0.15) is 22.7 Å².